The average molecular weight is 468 g/mol. The van der Waals surface area contributed by atoms with E-state index in [1.807, 2.05) is 4.90 Å². The van der Waals surface area contributed by atoms with Gasteiger partial charge in [0.05, 0.1) is 4.92 Å². The maximum atomic E-state index is 13.9. The maximum absolute atomic E-state index is 13.9. The summed E-state index contributed by atoms with van der Waals surface area (Å²) in [5, 5.41) is 13.5. The van der Waals surface area contributed by atoms with Crippen molar-refractivity contribution in [3.8, 4) is 0 Å². The third kappa shape index (κ3) is 5.44. The lowest BCUT2D eigenvalue weighted by molar-refractivity contribution is -0.384. The standard InChI is InChI=1S/C20H22F2N4O5S/c1-14-12-16(26(28)29)3-5-18(14)23-20(27)6-7-24-8-10-25(11-9-24)32(30,31)19-13-15(21)2-4-17(19)22/h2-5,12-13H,6-11H2,1H3,(H,23,27). The van der Waals surface area contributed by atoms with Crippen LogP contribution in [0, 0.1) is 28.7 Å². The number of halogens is 2. The van der Waals surface area contributed by atoms with Gasteiger partial charge < -0.3 is 10.2 Å². The minimum atomic E-state index is -4.16. The van der Waals surface area contributed by atoms with Gasteiger partial charge in [0.1, 0.15) is 16.5 Å². The number of rotatable bonds is 7. The van der Waals surface area contributed by atoms with E-state index >= 15 is 0 Å². The molecule has 12 heteroatoms. The lowest BCUT2D eigenvalue weighted by Gasteiger charge is -2.33. The molecule has 0 saturated carbocycles. The molecule has 172 valence electrons. The van der Waals surface area contributed by atoms with Crippen LogP contribution in [0.15, 0.2) is 41.3 Å². The van der Waals surface area contributed by atoms with Crippen molar-refractivity contribution in [1.29, 1.82) is 0 Å². The fourth-order valence-electron chi connectivity index (χ4n) is 3.38. The van der Waals surface area contributed by atoms with E-state index in [1.54, 1.807) is 6.92 Å². The number of piperazine rings is 1. The molecule has 1 fully saturated rings. The predicted octanol–water partition coefficient (Wildman–Crippen LogP) is 2.52. The van der Waals surface area contributed by atoms with E-state index in [0.717, 1.165) is 16.4 Å². The summed E-state index contributed by atoms with van der Waals surface area (Å²) in [5.74, 6) is -2.12. The van der Waals surface area contributed by atoms with Crippen LogP contribution >= 0.6 is 0 Å². The molecule has 0 atom stereocenters. The van der Waals surface area contributed by atoms with Crippen molar-refractivity contribution in [3.63, 3.8) is 0 Å². The number of hydrogen-bond acceptors (Lipinski definition) is 6. The van der Waals surface area contributed by atoms with Crippen LogP contribution in [0.5, 0.6) is 0 Å². The number of anilines is 1. The Morgan fingerprint density at radius 3 is 2.44 bits per heavy atom. The molecule has 32 heavy (non-hydrogen) atoms. The quantitative estimate of drug-likeness (QED) is 0.494. The molecular weight excluding hydrogens is 446 g/mol. The Hall–Kier alpha value is -2.96. The monoisotopic (exact) mass is 468 g/mol. The number of carbonyl (C=O) groups excluding carboxylic acids is 1. The Balaban J connectivity index is 1.51. The van der Waals surface area contributed by atoms with Gasteiger partial charge in [-0.25, -0.2) is 17.2 Å². The largest absolute Gasteiger partial charge is 0.326 e. The molecule has 9 nitrogen and oxygen atoms in total. The van der Waals surface area contributed by atoms with Crippen LogP contribution in [0.2, 0.25) is 0 Å². The fraction of sp³-hybridized carbons (Fsp3) is 0.350. The summed E-state index contributed by atoms with van der Waals surface area (Å²) < 4.78 is 53.7. The molecule has 0 aromatic heterocycles. The molecule has 1 aliphatic rings. The molecule has 2 aromatic rings. The van der Waals surface area contributed by atoms with Crippen LogP contribution in [0.25, 0.3) is 0 Å². The number of aryl methyl sites for hydroxylation is 1. The molecular formula is C20H22F2N4O5S. The Morgan fingerprint density at radius 1 is 1.12 bits per heavy atom. The van der Waals surface area contributed by atoms with Gasteiger partial charge in [0.25, 0.3) is 5.69 Å². The second-order valence-electron chi connectivity index (χ2n) is 7.37. The van der Waals surface area contributed by atoms with Gasteiger partial charge in [0, 0.05) is 57.0 Å². The Labute approximate surface area is 183 Å². The number of hydrogen-bond donors (Lipinski definition) is 1. The van der Waals surface area contributed by atoms with Crippen molar-refractivity contribution in [3.05, 3.63) is 63.7 Å². The highest BCUT2D eigenvalue weighted by Gasteiger charge is 2.31. The second kappa shape index (κ2) is 9.67. The van der Waals surface area contributed by atoms with E-state index in [1.165, 1.54) is 18.2 Å². The first kappa shape index (κ1) is 23.7. The lowest BCUT2D eigenvalue weighted by Crippen LogP contribution is -2.49. The molecule has 0 radical (unpaired) electrons. The third-order valence-corrected chi connectivity index (χ3v) is 7.11. The molecule has 1 aliphatic heterocycles. The molecule has 3 rings (SSSR count). The Bertz CT molecular complexity index is 1130. The zero-order valence-electron chi connectivity index (χ0n) is 17.3. The highest BCUT2D eigenvalue weighted by molar-refractivity contribution is 7.89. The fourth-order valence-corrected chi connectivity index (χ4v) is 4.88. The van der Waals surface area contributed by atoms with Crippen molar-refractivity contribution in [2.24, 2.45) is 0 Å². The lowest BCUT2D eigenvalue weighted by atomic mass is 10.1. The molecule has 0 bridgehead atoms. The van der Waals surface area contributed by atoms with Gasteiger partial charge >= 0.3 is 0 Å². The summed E-state index contributed by atoms with van der Waals surface area (Å²) in [4.78, 5) is 23.7. The summed E-state index contributed by atoms with van der Waals surface area (Å²) in [6, 6.07) is 6.46. The van der Waals surface area contributed by atoms with Crippen LogP contribution in [-0.2, 0) is 14.8 Å². The summed E-state index contributed by atoms with van der Waals surface area (Å²) >= 11 is 0. The van der Waals surface area contributed by atoms with Crippen LogP contribution in [0.4, 0.5) is 20.2 Å². The smallest absolute Gasteiger partial charge is 0.269 e. The van der Waals surface area contributed by atoms with Crippen LogP contribution in [0.3, 0.4) is 0 Å². The molecule has 0 unspecified atom stereocenters. The van der Waals surface area contributed by atoms with Gasteiger partial charge in [0.2, 0.25) is 15.9 Å². The van der Waals surface area contributed by atoms with Crippen LogP contribution in [-0.4, -0.2) is 61.2 Å². The molecule has 1 heterocycles. The number of benzene rings is 2. The zero-order chi connectivity index (χ0) is 23.5. The SMILES string of the molecule is Cc1cc([N+](=O)[O-])ccc1NC(=O)CCN1CCN(S(=O)(=O)c2cc(F)ccc2F)CC1. The van der Waals surface area contributed by atoms with Crippen LogP contribution < -0.4 is 5.32 Å². The van der Waals surface area contributed by atoms with E-state index in [9.17, 15) is 32.1 Å². The molecule has 0 spiro atoms. The van der Waals surface area contributed by atoms with Crippen molar-refractivity contribution < 1.29 is 26.9 Å². The topological polar surface area (TPSA) is 113 Å². The third-order valence-electron chi connectivity index (χ3n) is 5.19. The number of non-ortho nitro benzene ring substituents is 1. The summed E-state index contributed by atoms with van der Waals surface area (Å²) in [6.45, 7) is 2.87. The molecule has 1 N–H and O–H groups in total. The van der Waals surface area contributed by atoms with Crippen molar-refractivity contribution in [2.45, 2.75) is 18.2 Å². The number of carbonyl (C=O) groups is 1. The van der Waals surface area contributed by atoms with E-state index in [0.29, 0.717) is 37.0 Å². The Morgan fingerprint density at radius 2 is 1.81 bits per heavy atom. The molecule has 0 aliphatic carbocycles. The van der Waals surface area contributed by atoms with Crippen molar-refractivity contribution in [2.75, 3.05) is 38.0 Å². The minimum absolute atomic E-state index is 0.0635. The normalized spacial score (nSPS) is 15.5. The Kier molecular flexibility index (Phi) is 7.16. The van der Waals surface area contributed by atoms with Gasteiger partial charge in [-0.3, -0.25) is 14.9 Å². The number of nitrogens with zero attached hydrogens (tertiary/aromatic N) is 3. The first-order valence-corrected chi connectivity index (χ1v) is 11.2. The van der Waals surface area contributed by atoms with Gasteiger partial charge in [-0.15, -0.1) is 0 Å². The zero-order valence-corrected chi connectivity index (χ0v) is 18.1. The second-order valence-corrected chi connectivity index (χ2v) is 9.28. The first-order valence-electron chi connectivity index (χ1n) is 9.80. The highest BCUT2D eigenvalue weighted by Crippen LogP contribution is 2.23. The van der Waals surface area contributed by atoms with E-state index in [4.69, 9.17) is 0 Å². The summed E-state index contributed by atoms with van der Waals surface area (Å²) in [7, 11) is -4.16. The van der Waals surface area contributed by atoms with Gasteiger partial charge in [-0.05, 0) is 36.8 Å². The van der Waals surface area contributed by atoms with E-state index < -0.39 is 31.5 Å². The predicted molar refractivity (Wildman–Crippen MR) is 113 cm³/mol. The van der Waals surface area contributed by atoms with Crippen LogP contribution in [0.1, 0.15) is 12.0 Å². The summed E-state index contributed by atoms with van der Waals surface area (Å²) in [5.41, 5.74) is 0.982. The number of nitro groups is 1. The minimum Gasteiger partial charge on any atom is -0.326 e. The molecule has 2 aromatic carbocycles. The van der Waals surface area contributed by atoms with Gasteiger partial charge in [0.15, 0.2) is 0 Å². The average Bonchev–Trinajstić information content (AvgIpc) is 2.75. The van der Waals surface area contributed by atoms with E-state index in [-0.39, 0.29) is 31.1 Å². The van der Waals surface area contributed by atoms with Crippen molar-refractivity contribution >= 4 is 27.3 Å². The number of amides is 1. The first-order chi connectivity index (χ1) is 15.1. The molecule has 1 amide bonds. The highest BCUT2D eigenvalue weighted by atomic mass is 32.2. The van der Waals surface area contributed by atoms with E-state index in [2.05, 4.69) is 5.32 Å². The van der Waals surface area contributed by atoms with Crippen molar-refractivity contribution in [1.82, 2.24) is 9.21 Å². The summed E-state index contributed by atoms with van der Waals surface area (Å²) in [6.07, 6.45) is 0.141. The number of nitro benzene ring substituents is 1. The van der Waals surface area contributed by atoms with Gasteiger partial charge in [-0.1, -0.05) is 0 Å². The molecule has 1 saturated heterocycles. The van der Waals surface area contributed by atoms with Gasteiger partial charge in [-0.2, -0.15) is 4.31 Å². The number of sulfonamides is 1. The maximum Gasteiger partial charge on any atom is 0.269 e. The number of nitrogens with one attached hydrogen (secondary N) is 1.